The lowest BCUT2D eigenvalue weighted by molar-refractivity contribution is -0.128. The molecule has 0 N–H and O–H groups in total. The Morgan fingerprint density at radius 3 is 2.71 bits per heavy atom. The number of nitrogens with zero attached hydrogens (tertiary/aromatic N) is 3. The van der Waals surface area contributed by atoms with Gasteiger partial charge in [0.25, 0.3) is 0 Å². The maximum Gasteiger partial charge on any atom is 0.232 e. The van der Waals surface area contributed by atoms with Crippen LogP contribution >= 0.6 is 11.8 Å². The predicted octanol–water partition coefficient (Wildman–Crippen LogP) is 4.38. The Labute approximate surface area is 185 Å². The second-order valence-corrected chi connectivity index (χ2v) is 8.16. The molecule has 31 heavy (non-hydrogen) atoms. The van der Waals surface area contributed by atoms with Gasteiger partial charge < -0.3 is 18.9 Å². The van der Waals surface area contributed by atoms with Crippen molar-refractivity contribution in [2.75, 3.05) is 26.5 Å². The Balaban J connectivity index is 1.46. The van der Waals surface area contributed by atoms with Gasteiger partial charge >= 0.3 is 0 Å². The second kappa shape index (κ2) is 9.43. The van der Waals surface area contributed by atoms with Gasteiger partial charge in [0.15, 0.2) is 11.5 Å². The van der Waals surface area contributed by atoms with Crippen LogP contribution in [0.4, 0.5) is 0 Å². The van der Waals surface area contributed by atoms with E-state index in [0.717, 1.165) is 11.1 Å². The van der Waals surface area contributed by atoms with Gasteiger partial charge in [-0.1, -0.05) is 17.3 Å². The Morgan fingerprint density at radius 1 is 1.19 bits per heavy atom. The number of amides is 1. The van der Waals surface area contributed by atoms with Gasteiger partial charge in [-0.3, -0.25) is 4.79 Å². The molecule has 1 aliphatic heterocycles. The number of ether oxygens (including phenoxy) is 2. The van der Waals surface area contributed by atoms with Crippen LogP contribution in [0.2, 0.25) is 0 Å². The number of carbonyl (C=O) groups is 1. The lowest BCUT2D eigenvalue weighted by Crippen LogP contribution is -2.24. The van der Waals surface area contributed by atoms with E-state index >= 15 is 0 Å². The van der Waals surface area contributed by atoms with Crippen LogP contribution in [0, 0.1) is 0 Å². The SMILES string of the molecule is CCOc1ccc(-c2noc(C3CC(=O)N(Cc4ccc(SC)cc4)C3)n2)cc1OC. The minimum atomic E-state index is -0.108. The average molecular weight is 440 g/mol. The van der Waals surface area contributed by atoms with Crippen molar-refractivity contribution >= 4 is 17.7 Å². The molecule has 2 aromatic carbocycles. The summed E-state index contributed by atoms with van der Waals surface area (Å²) in [5, 5.41) is 4.12. The first-order chi connectivity index (χ1) is 15.1. The highest BCUT2D eigenvalue weighted by Crippen LogP contribution is 2.33. The smallest absolute Gasteiger partial charge is 0.232 e. The topological polar surface area (TPSA) is 77.7 Å². The third-order valence-corrected chi connectivity index (χ3v) is 6.00. The van der Waals surface area contributed by atoms with Crippen molar-refractivity contribution in [1.82, 2.24) is 15.0 Å². The largest absolute Gasteiger partial charge is 0.493 e. The molecule has 1 saturated heterocycles. The zero-order valence-corrected chi connectivity index (χ0v) is 18.6. The standard InChI is InChI=1S/C23H25N3O4S/c1-4-29-19-10-7-16(11-20(19)28-2)22-24-23(30-25-22)17-12-21(27)26(14-17)13-15-5-8-18(31-3)9-6-15/h5-11,17H,4,12-14H2,1-3H3. The molecule has 1 atom stereocenters. The normalized spacial score (nSPS) is 16.0. The molecule has 162 valence electrons. The van der Waals surface area contributed by atoms with Crippen LogP contribution in [-0.2, 0) is 11.3 Å². The van der Waals surface area contributed by atoms with Crippen molar-refractivity contribution in [3.05, 3.63) is 53.9 Å². The van der Waals surface area contributed by atoms with E-state index < -0.39 is 0 Å². The van der Waals surface area contributed by atoms with Gasteiger partial charge in [-0.2, -0.15) is 4.98 Å². The number of hydrogen-bond acceptors (Lipinski definition) is 7. The summed E-state index contributed by atoms with van der Waals surface area (Å²) >= 11 is 1.70. The quantitative estimate of drug-likeness (QED) is 0.482. The first-order valence-corrected chi connectivity index (χ1v) is 11.4. The number of thioether (sulfide) groups is 1. The second-order valence-electron chi connectivity index (χ2n) is 7.28. The Bertz CT molecular complexity index is 1050. The van der Waals surface area contributed by atoms with Crippen molar-refractivity contribution < 1.29 is 18.8 Å². The van der Waals surface area contributed by atoms with Crippen LogP contribution in [0.5, 0.6) is 11.5 Å². The number of rotatable bonds is 8. The number of likely N-dealkylation sites (tertiary alicyclic amines) is 1. The van der Waals surface area contributed by atoms with E-state index in [1.54, 1.807) is 18.9 Å². The van der Waals surface area contributed by atoms with Gasteiger partial charge in [-0.15, -0.1) is 11.8 Å². The van der Waals surface area contributed by atoms with Gasteiger partial charge in [0, 0.05) is 30.0 Å². The van der Waals surface area contributed by atoms with E-state index in [0.29, 0.717) is 49.3 Å². The maximum absolute atomic E-state index is 12.5. The molecule has 0 spiro atoms. The fourth-order valence-corrected chi connectivity index (χ4v) is 4.05. The molecule has 8 heteroatoms. The van der Waals surface area contributed by atoms with Crippen molar-refractivity contribution in [2.45, 2.75) is 30.7 Å². The highest BCUT2D eigenvalue weighted by molar-refractivity contribution is 7.98. The molecular weight excluding hydrogens is 414 g/mol. The molecule has 3 aromatic rings. The van der Waals surface area contributed by atoms with E-state index in [1.807, 2.05) is 36.3 Å². The summed E-state index contributed by atoms with van der Waals surface area (Å²) in [6.45, 7) is 3.62. The monoisotopic (exact) mass is 439 g/mol. The van der Waals surface area contributed by atoms with Crippen LogP contribution < -0.4 is 9.47 Å². The molecule has 1 aromatic heterocycles. The van der Waals surface area contributed by atoms with Gasteiger partial charge in [0.1, 0.15) is 0 Å². The zero-order valence-electron chi connectivity index (χ0n) is 17.8. The van der Waals surface area contributed by atoms with Gasteiger partial charge in [-0.25, -0.2) is 0 Å². The van der Waals surface area contributed by atoms with Crippen molar-refractivity contribution in [2.24, 2.45) is 0 Å². The van der Waals surface area contributed by atoms with E-state index in [-0.39, 0.29) is 11.8 Å². The first-order valence-electron chi connectivity index (χ1n) is 10.2. The Morgan fingerprint density at radius 2 is 2.00 bits per heavy atom. The van der Waals surface area contributed by atoms with Gasteiger partial charge in [0.2, 0.25) is 17.6 Å². The molecule has 0 aliphatic carbocycles. The van der Waals surface area contributed by atoms with Crippen molar-refractivity contribution in [3.8, 4) is 22.9 Å². The molecule has 4 rings (SSSR count). The molecule has 0 saturated carbocycles. The fourth-order valence-electron chi connectivity index (χ4n) is 3.64. The molecular formula is C23H25N3O4S. The summed E-state index contributed by atoms with van der Waals surface area (Å²) in [4.78, 5) is 20.2. The summed E-state index contributed by atoms with van der Waals surface area (Å²) in [5.41, 5.74) is 1.88. The lowest BCUT2D eigenvalue weighted by atomic mass is 10.1. The Kier molecular flexibility index (Phi) is 6.46. The number of hydrogen-bond donors (Lipinski definition) is 0. The highest BCUT2D eigenvalue weighted by Gasteiger charge is 2.34. The molecule has 1 amide bonds. The number of benzene rings is 2. The van der Waals surface area contributed by atoms with Crippen LogP contribution in [0.3, 0.4) is 0 Å². The van der Waals surface area contributed by atoms with E-state index in [9.17, 15) is 4.79 Å². The van der Waals surface area contributed by atoms with E-state index in [4.69, 9.17) is 14.0 Å². The van der Waals surface area contributed by atoms with Crippen LogP contribution in [0.15, 0.2) is 51.9 Å². The third kappa shape index (κ3) is 4.69. The van der Waals surface area contributed by atoms with Crippen molar-refractivity contribution in [3.63, 3.8) is 0 Å². The third-order valence-electron chi connectivity index (χ3n) is 5.26. The molecule has 2 heterocycles. The molecule has 1 aliphatic rings. The minimum Gasteiger partial charge on any atom is -0.493 e. The summed E-state index contributed by atoms with van der Waals surface area (Å²) in [5.74, 6) is 2.22. The number of methoxy groups -OCH3 is 1. The molecule has 7 nitrogen and oxygen atoms in total. The maximum atomic E-state index is 12.5. The lowest BCUT2D eigenvalue weighted by Gasteiger charge is -2.16. The molecule has 1 unspecified atom stereocenters. The van der Waals surface area contributed by atoms with Crippen LogP contribution in [-0.4, -0.2) is 47.5 Å². The summed E-state index contributed by atoms with van der Waals surface area (Å²) in [7, 11) is 1.59. The van der Waals surface area contributed by atoms with Gasteiger partial charge in [-0.05, 0) is 49.1 Å². The van der Waals surface area contributed by atoms with E-state index in [1.165, 1.54) is 4.90 Å². The Hall–Kier alpha value is -3.00. The van der Waals surface area contributed by atoms with Gasteiger partial charge in [0.05, 0.1) is 19.6 Å². The first kappa shape index (κ1) is 21.2. The zero-order chi connectivity index (χ0) is 21.8. The number of carbonyl (C=O) groups excluding carboxylic acids is 1. The predicted molar refractivity (Wildman–Crippen MR) is 118 cm³/mol. The van der Waals surface area contributed by atoms with Crippen LogP contribution in [0.25, 0.3) is 11.4 Å². The minimum absolute atomic E-state index is 0.0985. The average Bonchev–Trinajstić information content (AvgIpc) is 3.42. The van der Waals surface area contributed by atoms with E-state index in [2.05, 4.69) is 34.4 Å². The van der Waals surface area contributed by atoms with Crippen molar-refractivity contribution in [1.29, 1.82) is 0 Å². The summed E-state index contributed by atoms with van der Waals surface area (Å²) in [6.07, 6.45) is 2.42. The number of aromatic nitrogens is 2. The molecule has 0 bridgehead atoms. The molecule has 0 radical (unpaired) electrons. The summed E-state index contributed by atoms with van der Waals surface area (Å²) in [6, 6.07) is 13.8. The molecule has 1 fully saturated rings. The fraction of sp³-hybridized carbons (Fsp3) is 0.348. The highest BCUT2D eigenvalue weighted by atomic mass is 32.2. The van der Waals surface area contributed by atoms with Crippen LogP contribution in [0.1, 0.15) is 30.7 Å². The summed E-state index contributed by atoms with van der Waals surface area (Å²) < 4.78 is 16.5.